The van der Waals surface area contributed by atoms with Crippen LogP contribution in [0.15, 0.2) is 79.3 Å². The number of benzene rings is 1. The summed E-state index contributed by atoms with van der Waals surface area (Å²) >= 11 is 0. The van der Waals surface area contributed by atoms with Crippen LogP contribution in [0.3, 0.4) is 0 Å². The molecule has 4 rings (SSSR count). The molecule has 0 bridgehead atoms. The van der Waals surface area contributed by atoms with Gasteiger partial charge in [0.1, 0.15) is 18.5 Å². The lowest BCUT2D eigenvalue weighted by molar-refractivity contribution is -0.660. The fraction of sp³-hybridized carbons (Fsp3) is 0.0952. The van der Waals surface area contributed by atoms with E-state index in [1.807, 2.05) is 42.7 Å². The molecule has 3 heteroatoms. The Morgan fingerprint density at radius 3 is 2.71 bits per heavy atom. The van der Waals surface area contributed by atoms with Gasteiger partial charge in [0, 0.05) is 36.1 Å². The van der Waals surface area contributed by atoms with Crippen molar-refractivity contribution in [2.75, 3.05) is 0 Å². The number of aromatic nitrogens is 2. The standard InChI is InChI=1S/C21H19N2O/c1-16-7-5-10-20(21(16)19-9-3-4-12-22(19)2)24-18-11-14-23-13-6-8-17(23)15-18/h3-15H,1-2H3/q+1. The first-order valence-electron chi connectivity index (χ1n) is 8.01. The smallest absolute Gasteiger partial charge is 0.216 e. The van der Waals surface area contributed by atoms with E-state index in [0.717, 1.165) is 28.3 Å². The van der Waals surface area contributed by atoms with Crippen LogP contribution in [-0.4, -0.2) is 4.40 Å². The third-order valence-corrected chi connectivity index (χ3v) is 4.27. The molecular formula is C21H19N2O+. The van der Waals surface area contributed by atoms with E-state index in [0.29, 0.717) is 0 Å². The molecule has 3 aromatic heterocycles. The van der Waals surface area contributed by atoms with Crippen molar-refractivity contribution in [1.29, 1.82) is 0 Å². The minimum Gasteiger partial charge on any atom is -0.456 e. The Hall–Kier alpha value is -3.07. The van der Waals surface area contributed by atoms with Gasteiger partial charge in [-0.3, -0.25) is 0 Å². The minimum absolute atomic E-state index is 0.839. The Morgan fingerprint density at radius 1 is 0.917 bits per heavy atom. The first-order chi connectivity index (χ1) is 11.7. The monoisotopic (exact) mass is 315 g/mol. The Balaban J connectivity index is 1.81. The lowest BCUT2D eigenvalue weighted by Gasteiger charge is -2.12. The summed E-state index contributed by atoms with van der Waals surface area (Å²) in [5, 5.41) is 0. The van der Waals surface area contributed by atoms with Crippen LogP contribution in [0.25, 0.3) is 16.8 Å². The Morgan fingerprint density at radius 2 is 1.83 bits per heavy atom. The molecule has 0 aliphatic carbocycles. The lowest BCUT2D eigenvalue weighted by atomic mass is 10.0. The molecule has 118 valence electrons. The molecule has 0 aliphatic heterocycles. The van der Waals surface area contributed by atoms with Crippen LogP contribution in [0, 0.1) is 6.92 Å². The van der Waals surface area contributed by atoms with Gasteiger partial charge in [0.05, 0.1) is 5.56 Å². The molecule has 0 radical (unpaired) electrons. The van der Waals surface area contributed by atoms with Crippen LogP contribution < -0.4 is 9.30 Å². The van der Waals surface area contributed by atoms with E-state index in [1.54, 1.807) is 0 Å². The molecule has 1 aromatic carbocycles. The molecule has 3 heterocycles. The van der Waals surface area contributed by atoms with Crippen LogP contribution in [0.1, 0.15) is 5.56 Å². The lowest BCUT2D eigenvalue weighted by Crippen LogP contribution is -2.30. The highest BCUT2D eigenvalue weighted by Crippen LogP contribution is 2.34. The van der Waals surface area contributed by atoms with Crippen molar-refractivity contribution in [3.8, 4) is 22.8 Å². The molecule has 0 unspecified atom stereocenters. The molecule has 24 heavy (non-hydrogen) atoms. The molecule has 0 saturated heterocycles. The Bertz CT molecular complexity index is 1020. The quantitative estimate of drug-likeness (QED) is 0.508. The zero-order valence-electron chi connectivity index (χ0n) is 13.8. The molecule has 0 atom stereocenters. The van der Waals surface area contributed by atoms with Crippen LogP contribution in [0.5, 0.6) is 11.5 Å². The van der Waals surface area contributed by atoms with Gasteiger partial charge in [-0.15, -0.1) is 0 Å². The highest BCUT2D eigenvalue weighted by Gasteiger charge is 2.17. The third kappa shape index (κ3) is 2.54. The molecule has 4 aromatic rings. The van der Waals surface area contributed by atoms with Gasteiger partial charge >= 0.3 is 0 Å². The fourth-order valence-electron chi connectivity index (χ4n) is 3.04. The summed E-state index contributed by atoms with van der Waals surface area (Å²) in [6.45, 7) is 2.12. The molecule has 3 nitrogen and oxygen atoms in total. The predicted molar refractivity (Wildman–Crippen MR) is 95.3 cm³/mol. The van der Waals surface area contributed by atoms with Crippen molar-refractivity contribution in [3.63, 3.8) is 0 Å². The fourth-order valence-corrected chi connectivity index (χ4v) is 3.04. The summed E-state index contributed by atoms with van der Waals surface area (Å²) in [7, 11) is 2.05. The van der Waals surface area contributed by atoms with E-state index < -0.39 is 0 Å². The SMILES string of the molecule is Cc1cccc(Oc2ccn3cccc3c2)c1-c1cccc[n+]1C. The summed E-state index contributed by atoms with van der Waals surface area (Å²) < 4.78 is 10.4. The average molecular weight is 315 g/mol. The normalized spacial score (nSPS) is 10.9. The molecule has 0 aliphatic rings. The van der Waals surface area contributed by atoms with Crippen LogP contribution in [0.2, 0.25) is 0 Å². The van der Waals surface area contributed by atoms with Crippen LogP contribution in [-0.2, 0) is 7.05 Å². The number of aryl methyl sites for hydroxylation is 2. The highest BCUT2D eigenvalue weighted by molar-refractivity contribution is 5.69. The summed E-state index contributed by atoms with van der Waals surface area (Å²) in [6.07, 6.45) is 6.10. The molecular weight excluding hydrogens is 296 g/mol. The first-order valence-corrected chi connectivity index (χ1v) is 8.01. The van der Waals surface area contributed by atoms with Gasteiger partial charge in [-0.2, -0.15) is 0 Å². The van der Waals surface area contributed by atoms with Crippen molar-refractivity contribution < 1.29 is 9.30 Å². The molecule has 0 saturated carbocycles. The third-order valence-electron chi connectivity index (χ3n) is 4.27. The van der Waals surface area contributed by atoms with Crippen molar-refractivity contribution in [3.05, 3.63) is 84.8 Å². The van der Waals surface area contributed by atoms with E-state index in [2.05, 4.69) is 59.5 Å². The number of hydrogen-bond donors (Lipinski definition) is 0. The topological polar surface area (TPSA) is 17.5 Å². The van der Waals surface area contributed by atoms with E-state index in [1.165, 1.54) is 5.56 Å². The zero-order chi connectivity index (χ0) is 16.5. The first kappa shape index (κ1) is 14.5. The van der Waals surface area contributed by atoms with Gasteiger partial charge in [-0.05, 0) is 42.8 Å². The summed E-state index contributed by atoms with van der Waals surface area (Å²) in [6, 6.07) is 20.5. The van der Waals surface area contributed by atoms with Crippen molar-refractivity contribution in [1.82, 2.24) is 4.40 Å². The average Bonchev–Trinajstić information content (AvgIpc) is 3.04. The zero-order valence-corrected chi connectivity index (χ0v) is 13.8. The molecule has 0 amide bonds. The number of fused-ring (bicyclic) bond motifs is 1. The van der Waals surface area contributed by atoms with Crippen molar-refractivity contribution in [2.45, 2.75) is 6.92 Å². The highest BCUT2D eigenvalue weighted by atomic mass is 16.5. The van der Waals surface area contributed by atoms with E-state index in [-0.39, 0.29) is 0 Å². The largest absolute Gasteiger partial charge is 0.456 e. The van der Waals surface area contributed by atoms with Gasteiger partial charge in [0.25, 0.3) is 0 Å². The van der Waals surface area contributed by atoms with E-state index in [4.69, 9.17) is 4.74 Å². The van der Waals surface area contributed by atoms with E-state index in [9.17, 15) is 0 Å². The Labute approximate surface area is 141 Å². The summed E-state index contributed by atoms with van der Waals surface area (Å²) in [4.78, 5) is 0. The number of ether oxygens (including phenoxy) is 1. The van der Waals surface area contributed by atoms with E-state index >= 15 is 0 Å². The Kier molecular flexibility index (Phi) is 3.54. The van der Waals surface area contributed by atoms with Gasteiger partial charge in [0.2, 0.25) is 5.69 Å². The van der Waals surface area contributed by atoms with Gasteiger partial charge < -0.3 is 9.14 Å². The number of hydrogen-bond acceptors (Lipinski definition) is 1. The number of nitrogens with zero attached hydrogens (tertiary/aromatic N) is 2. The van der Waals surface area contributed by atoms with Crippen molar-refractivity contribution in [2.24, 2.45) is 7.05 Å². The summed E-state index contributed by atoms with van der Waals surface area (Å²) in [5.74, 6) is 1.71. The maximum Gasteiger partial charge on any atom is 0.216 e. The van der Waals surface area contributed by atoms with Gasteiger partial charge in [0.15, 0.2) is 6.20 Å². The van der Waals surface area contributed by atoms with Crippen LogP contribution >= 0.6 is 0 Å². The second-order valence-electron chi connectivity index (χ2n) is 5.95. The van der Waals surface area contributed by atoms with Crippen molar-refractivity contribution >= 4 is 5.52 Å². The number of rotatable bonds is 3. The maximum atomic E-state index is 6.25. The summed E-state index contributed by atoms with van der Waals surface area (Å²) in [5.41, 5.74) is 4.57. The minimum atomic E-state index is 0.839. The second-order valence-corrected chi connectivity index (χ2v) is 5.95. The second kappa shape index (κ2) is 5.85. The van der Waals surface area contributed by atoms with Gasteiger partial charge in [-0.1, -0.05) is 12.1 Å². The molecule has 0 N–H and O–H groups in total. The van der Waals surface area contributed by atoms with Crippen LogP contribution in [0.4, 0.5) is 0 Å². The molecule has 0 spiro atoms. The number of pyridine rings is 2. The maximum absolute atomic E-state index is 6.25. The van der Waals surface area contributed by atoms with Gasteiger partial charge in [-0.25, -0.2) is 4.57 Å². The molecule has 0 fully saturated rings. The predicted octanol–water partition coefficient (Wildman–Crippen LogP) is 4.53.